The van der Waals surface area contributed by atoms with Crippen LogP contribution in [0.5, 0.6) is 0 Å². The van der Waals surface area contributed by atoms with Crippen molar-refractivity contribution < 1.29 is 19.1 Å². The summed E-state index contributed by atoms with van der Waals surface area (Å²) in [7, 11) is 0. The van der Waals surface area contributed by atoms with Crippen molar-refractivity contribution >= 4 is 23.5 Å². The normalized spacial score (nSPS) is 11.2. The lowest BCUT2D eigenvalue weighted by atomic mass is 9.93. The maximum Gasteiger partial charge on any atom is 0.328 e. The summed E-state index contributed by atoms with van der Waals surface area (Å²) in [4.78, 5) is 23.5. The van der Waals surface area contributed by atoms with Crippen molar-refractivity contribution in [1.29, 1.82) is 0 Å². The third-order valence-corrected chi connectivity index (χ3v) is 4.96. The van der Waals surface area contributed by atoms with E-state index in [-0.39, 0.29) is 18.1 Å². The lowest BCUT2D eigenvalue weighted by Crippen LogP contribution is -2.50. The summed E-state index contributed by atoms with van der Waals surface area (Å²) >= 11 is 6.20. The number of nitrogens with one attached hydrogen (secondary N) is 1. The van der Waals surface area contributed by atoms with Gasteiger partial charge in [0.2, 0.25) is 5.91 Å². The second-order valence-corrected chi connectivity index (χ2v) is 7.99. The number of rotatable bonds is 6. The van der Waals surface area contributed by atoms with Crippen molar-refractivity contribution in [2.75, 3.05) is 0 Å². The van der Waals surface area contributed by atoms with Crippen LogP contribution in [0.15, 0.2) is 66.7 Å². The highest BCUT2D eigenvalue weighted by molar-refractivity contribution is 6.31. The van der Waals surface area contributed by atoms with Gasteiger partial charge in [-0.3, -0.25) is 4.79 Å². The standard InChI is InChI=1S/C24H21ClFNO3/c1-24(2,23(29)30)27-22(28)13-15-4-3-5-17(12-15)20-11-8-18(25)14-21(20)16-6-9-19(26)10-7-16/h3-12,14H,13H2,1-2H3,(H,27,28)(H,29,30). The number of benzene rings is 3. The van der Waals surface area contributed by atoms with Gasteiger partial charge < -0.3 is 10.4 Å². The van der Waals surface area contributed by atoms with E-state index in [0.717, 1.165) is 27.8 Å². The molecule has 0 aliphatic heterocycles. The zero-order chi connectivity index (χ0) is 21.9. The molecule has 0 bridgehead atoms. The highest BCUT2D eigenvalue weighted by Gasteiger charge is 2.28. The van der Waals surface area contributed by atoms with Gasteiger partial charge in [-0.15, -0.1) is 0 Å². The number of carbonyl (C=O) groups is 2. The number of halogens is 2. The number of amides is 1. The van der Waals surface area contributed by atoms with Crippen LogP contribution in [-0.2, 0) is 16.0 Å². The van der Waals surface area contributed by atoms with E-state index in [1.807, 2.05) is 36.4 Å². The Balaban J connectivity index is 1.92. The smallest absolute Gasteiger partial charge is 0.328 e. The number of hydrogen-bond donors (Lipinski definition) is 2. The van der Waals surface area contributed by atoms with Crippen molar-refractivity contribution in [3.05, 3.63) is 83.1 Å². The first-order valence-electron chi connectivity index (χ1n) is 9.35. The summed E-state index contributed by atoms with van der Waals surface area (Å²) < 4.78 is 13.3. The molecule has 0 atom stereocenters. The largest absolute Gasteiger partial charge is 0.480 e. The van der Waals surface area contributed by atoms with E-state index in [4.69, 9.17) is 11.6 Å². The van der Waals surface area contributed by atoms with Crippen LogP contribution in [0.25, 0.3) is 22.3 Å². The Morgan fingerprint density at radius 1 is 0.967 bits per heavy atom. The molecular formula is C24H21ClFNO3. The second-order valence-electron chi connectivity index (χ2n) is 7.55. The molecule has 0 fully saturated rings. The Morgan fingerprint density at radius 2 is 1.67 bits per heavy atom. The van der Waals surface area contributed by atoms with Crippen LogP contribution in [0, 0.1) is 5.82 Å². The van der Waals surface area contributed by atoms with E-state index in [1.165, 1.54) is 26.0 Å². The molecule has 0 spiro atoms. The maximum atomic E-state index is 13.3. The van der Waals surface area contributed by atoms with Gasteiger partial charge in [-0.05, 0) is 65.9 Å². The molecule has 0 radical (unpaired) electrons. The monoisotopic (exact) mass is 425 g/mol. The number of carboxylic acid groups (broad SMARTS) is 1. The van der Waals surface area contributed by atoms with Gasteiger partial charge in [-0.25, -0.2) is 9.18 Å². The predicted molar refractivity (Wildman–Crippen MR) is 116 cm³/mol. The number of aliphatic carboxylic acids is 1. The molecule has 4 nitrogen and oxygen atoms in total. The highest BCUT2D eigenvalue weighted by Crippen LogP contribution is 2.34. The number of hydrogen-bond acceptors (Lipinski definition) is 2. The van der Waals surface area contributed by atoms with E-state index in [9.17, 15) is 19.1 Å². The summed E-state index contributed by atoms with van der Waals surface area (Å²) in [6, 6.07) is 19.1. The Morgan fingerprint density at radius 3 is 2.33 bits per heavy atom. The SMILES string of the molecule is CC(C)(NC(=O)Cc1cccc(-c2ccc(Cl)cc2-c2ccc(F)cc2)c1)C(=O)O. The molecular weight excluding hydrogens is 405 g/mol. The minimum absolute atomic E-state index is 0.0457. The summed E-state index contributed by atoms with van der Waals surface area (Å²) in [5.41, 5.74) is 2.82. The average Bonchev–Trinajstić information content (AvgIpc) is 2.68. The van der Waals surface area contributed by atoms with Crippen molar-refractivity contribution in [2.24, 2.45) is 0 Å². The first-order valence-corrected chi connectivity index (χ1v) is 9.73. The van der Waals surface area contributed by atoms with Gasteiger partial charge in [0, 0.05) is 5.02 Å². The van der Waals surface area contributed by atoms with Gasteiger partial charge in [0.1, 0.15) is 11.4 Å². The van der Waals surface area contributed by atoms with Gasteiger partial charge >= 0.3 is 5.97 Å². The Bertz CT molecular complexity index is 1090. The van der Waals surface area contributed by atoms with E-state index in [2.05, 4.69) is 5.32 Å². The van der Waals surface area contributed by atoms with Crippen molar-refractivity contribution in [3.63, 3.8) is 0 Å². The molecule has 0 aliphatic carbocycles. The molecule has 3 rings (SSSR count). The summed E-state index contributed by atoms with van der Waals surface area (Å²) in [5, 5.41) is 12.3. The molecule has 3 aromatic carbocycles. The van der Waals surface area contributed by atoms with Crippen molar-refractivity contribution in [2.45, 2.75) is 25.8 Å². The Labute approximate surface area is 179 Å². The molecule has 0 aliphatic rings. The molecule has 154 valence electrons. The van der Waals surface area contributed by atoms with Crippen LogP contribution < -0.4 is 5.32 Å². The molecule has 0 unspecified atom stereocenters. The van der Waals surface area contributed by atoms with Crippen molar-refractivity contribution in [1.82, 2.24) is 5.32 Å². The number of carbonyl (C=O) groups excluding carboxylic acids is 1. The van der Waals surface area contributed by atoms with Crippen LogP contribution in [0.4, 0.5) is 4.39 Å². The first kappa shape index (κ1) is 21.5. The molecule has 0 heterocycles. The molecule has 2 N–H and O–H groups in total. The fourth-order valence-electron chi connectivity index (χ4n) is 3.12. The second kappa shape index (κ2) is 8.67. The van der Waals surface area contributed by atoms with E-state index in [0.29, 0.717) is 5.02 Å². The third kappa shape index (κ3) is 5.05. The maximum absolute atomic E-state index is 13.3. The van der Waals surface area contributed by atoms with Crippen LogP contribution in [0.1, 0.15) is 19.4 Å². The summed E-state index contributed by atoms with van der Waals surface area (Å²) in [6.45, 7) is 2.87. The molecule has 0 saturated heterocycles. The van der Waals surface area contributed by atoms with Gasteiger partial charge in [0.05, 0.1) is 6.42 Å². The highest BCUT2D eigenvalue weighted by atomic mass is 35.5. The average molecular weight is 426 g/mol. The molecule has 0 saturated carbocycles. The van der Waals surface area contributed by atoms with Gasteiger partial charge in [-0.2, -0.15) is 0 Å². The zero-order valence-corrected chi connectivity index (χ0v) is 17.3. The fourth-order valence-corrected chi connectivity index (χ4v) is 3.29. The summed E-state index contributed by atoms with van der Waals surface area (Å²) in [6.07, 6.45) is 0.0457. The van der Waals surface area contributed by atoms with Crippen LogP contribution in [0.2, 0.25) is 5.02 Å². The Kier molecular flexibility index (Phi) is 6.22. The third-order valence-electron chi connectivity index (χ3n) is 4.73. The molecule has 0 aromatic heterocycles. The lowest BCUT2D eigenvalue weighted by molar-refractivity contribution is -0.145. The van der Waals surface area contributed by atoms with Gasteiger partial charge in [0.25, 0.3) is 0 Å². The van der Waals surface area contributed by atoms with E-state index in [1.54, 1.807) is 18.2 Å². The molecule has 1 amide bonds. The van der Waals surface area contributed by atoms with Gasteiger partial charge in [-0.1, -0.05) is 54.1 Å². The summed E-state index contributed by atoms with van der Waals surface area (Å²) in [5.74, 6) is -1.80. The zero-order valence-electron chi connectivity index (χ0n) is 16.6. The quantitative estimate of drug-likeness (QED) is 0.560. The Hall–Kier alpha value is -3.18. The minimum atomic E-state index is -1.35. The van der Waals surface area contributed by atoms with Crippen LogP contribution in [-0.4, -0.2) is 22.5 Å². The number of carboxylic acids is 1. The first-order chi connectivity index (χ1) is 14.2. The van der Waals surface area contributed by atoms with Crippen molar-refractivity contribution in [3.8, 4) is 22.3 Å². The molecule has 3 aromatic rings. The molecule has 6 heteroatoms. The van der Waals surface area contributed by atoms with Gasteiger partial charge in [0.15, 0.2) is 0 Å². The van der Waals surface area contributed by atoms with E-state index >= 15 is 0 Å². The predicted octanol–water partition coefficient (Wildman–Crippen LogP) is 5.34. The van der Waals surface area contributed by atoms with E-state index < -0.39 is 11.5 Å². The van der Waals surface area contributed by atoms with Crippen LogP contribution >= 0.6 is 11.6 Å². The lowest BCUT2D eigenvalue weighted by Gasteiger charge is -2.21. The minimum Gasteiger partial charge on any atom is -0.480 e. The molecule has 30 heavy (non-hydrogen) atoms. The fraction of sp³-hybridized carbons (Fsp3) is 0.167. The topological polar surface area (TPSA) is 66.4 Å². The van der Waals surface area contributed by atoms with Crippen LogP contribution in [0.3, 0.4) is 0 Å².